The molecule has 24 heavy (non-hydrogen) atoms. The number of nitrogens with one attached hydrogen (secondary N) is 1. The van der Waals surface area contributed by atoms with Crippen molar-refractivity contribution in [2.24, 2.45) is 0 Å². The zero-order valence-corrected chi connectivity index (χ0v) is 14.0. The molecule has 0 bridgehead atoms. The largest absolute Gasteiger partial charge is 0.465 e. The summed E-state index contributed by atoms with van der Waals surface area (Å²) in [5.74, 6) is -0.185. The van der Waals surface area contributed by atoms with Gasteiger partial charge in [0.05, 0.1) is 17.9 Å². The summed E-state index contributed by atoms with van der Waals surface area (Å²) in [5.41, 5.74) is 12.2. The molecule has 0 fully saturated rings. The maximum Gasteiger partial charge on any atom is 0.337 e. The van der Waals surface area contributed by atoms with E-state index in [0.717, 1.165) is 11.8 Å². The highest BCUT2D eigenvalue weighted by Gasteiger charge is 2.17. The van der Waals surface area contributed by atoms with Crippen LogP contribution in [0.4, 0.5) is 17.3 Å². The number of nitrogen functional groups attached to an aromatic ring is 2. The van der Waals surface area contributed by atoms with Gasteiger partial charge in [-0.25, -0.2) is 14.8 Å². The van der Waals surface area contributed by atoms with Crippen molar-refractivity contribution in [3.63, 3.8) is 0 Å². The maximum atomic E-state index is 12.2. The van der Waals surface area contributed by atoms with Crippen LogP contribution in [0, 0.1) is 0 Å². The second-order valence-electron chi connectivity index (χ2n) is 4.82. The van der Waals surface area contributed by atoms with Gasteiger partial charge in [-0.1, -0.05) is 11.8 Å². The molecule has 1 aromatic carbocycles. The first-order valence-corrected chi connectivity index (χ1v) is 7.83. The Bertz CT molecular complexity index is 731. The lowest BCUT2D eigenvalue weighted by atomic mass is 10.2. The molecule has 0 saturated carbocycles. The fourth-order valence-electron chi connectivity index (χ4n) is 1.78. The van der Waals surface area contributed by atoms with Crippen LogP contribution in [-0.2, 0) is 9.53 Å². The van der Waals surface area contributed by atoms with Crippen LogP contribution in [0.25, 0.3) is 0 Å². The number of nitrogens with two attached hydrogens (primary N) is 2. The first-order chi connectivity index (χ1) is 11.4. The number of benzene rings is 1. The van der Waals surface area contributed by atoms with E-state index >= 15 is 0 Å². The molecule has 1 atom stereocenters. The summed E-state index contributed by atoms with van der Waals surface area (Å²) in [6.45, 7) is 1.71. The lowest BCUT2D eigenvalue weighted by Gasteiger charge is -2.12. The Morgan fingerprint density at radius 3 is 2.29 bits per heavy atom. The lowest BCUT2D eigenvalue weighted by Crippen LogP contribution is -2.22. The molecule has 9 heteroatoms. The molecule has 0 aliphatic heterocycles. The third kappa shape index (κ3) is 4.59. The molecule has 0 radical (unpaired) electrons. The summed E-state index contributed by atoms with van der Waals surface area (Å²) < 4.78 is 4.62. The number of carbonyl (C=O) groups is 2. The fraction of sp³-hybridized carbons (Fsp3) is 0.200. The van der Waals surface area contributed by atoms with Crippen molar-refractivity contribution in [1.29, 1.82) is 0 Å². The zero-order valence-electron chi connectivity index (χ0n) is 13.1. The van der Waals surface area contributed by atoms with Crippen molar-refractivity contribution in [1.82, 2.24) is 9.97 Å². The fourth-order valence-corrected chi connectivity index (χ4v) is 2.58. The molecule has 2 aromatic rings. The van der Waals surface area contributed by atoms with E-state index in [1.807, 2.05) is 0 Å². The van der Waals surface area contributed by atoms with Gasteiger partial charge < -0.3 is 21.5 Å². The topological polar surface area (TPSA) is 133 Å². The van der Waals surface area contributed by atoms with Crippen molar-refractivity contribution in [3.05, 3.63) is 35.9 Å². The smallest absolute Gasteiger partial charge is 0.337 e. The van der Waals surface area contributed by atoms with Crippen LogP contribution in [0.2, 0.25) is 0 Å². The number of nitrogens with zero attached hydrogens (tertiary/aromatic N) is 2. The quantitative estimate of drug-likeness (QED) is 0.421. The standard InChI is InChI=1S/C15H17N5O3S/c1-8(24-15-19-11(16)7-12(17)20-15)13(21)18-10-5-3-9(4-6-10)14(22)23-2/h3-8H,1-2H3,(H,18,21)(H4,16,17,19,20)/t8-/m0/s1. The monoisotopic (exact) mass is 347 g/mol. The van der Waals surface area contributed by atoms with E-state index in [-0.39, 0.29) is 17.5 Å². The van der Waals surface area contributed by atoms with Crippen molar-refractivity contribution in [2.45, 2.75) is 17.3 Å². The van der Waals surface area contributed by atoms with E-state index in [9.17, 15) is 9.59 Å². The summed E-state index contributed by atoms with van der Waals surface area (Å²) in [7, 11) is 1.31. The SMILES string of the molecule is COC(=O)c1ccc(NC(=O)[C@H](C)Sc2nc(N)cc(N)n2)cc1. The molecule has 0 spiro atoms. The number of methoxy groups -OCH3 is 1. The van der Waals surface area contributed by atoms with Crippen LogP contribution in [-0.4, -0.2) is 34.2 Å². The molecule has 0 unspecified atom stereocenters. The first-order valence-electron chi connectivity index (χ1n) is 6.95. The molecule has 1 heterocycles. The Morgan fingerprint density at radius 1 is 1.17 bits per heavy atom. The normalized spacial score (nSPS) is 11.6. The number of thioether (sulfide) groups is 1. The molecule has 1 amide bonds. The van der Waals surface area contributed by atoms with Gasteiger partial charge in [-0.05, 0) is 31.2 Å². The molecule has 8 nitrogen and oxygen atoms in total. The third-order valence-corrected chi connectivity index (χ3v) is 3.93. The second-order valence-corrected chi connectivity index (χ2v) is 6.13. The number of anilines is 3. The highest BCUT2D eigenvalue weighted by molar-refractivity contribution is 8.00. The van der Waals surface area contributed by atoms with Gasteiger partial charge in [-0.2, -0.15) is 0 Å². The van der Waals surface area contributed by atoms with Crippen LogP contribution in [0.5, 0.6) is 0 Å². The molecule has 126 valence electrons. The second kappa shape index (κ2) is 7.64. The van der Waals surface area contributed by atoms with Crippen LogP contribution in [0.1, 0.15) is 17.3 Å². The minimum atomic E-state index is -0.466. The molecule has 5 N–H and O–H groups in total. The van der Waals surface area contributed by atoms with Crippen molar-refractivity contribution < 1.29 is 14.3 Å². The maximum absolute atomic E-state index is 12.2. The predicted molar refractivity (Wildman–Crippen MR) is 92.6 cm³/mol. The van der Waals surface area contributed by atoms with Gasteiger partial charge in [0.1, 0.15) is 11.6 Å². The van der Waals surface area contributed by atoms with Crippen LogP contribution < -0.4 is 16.8 Å². The van der Waals surface area contributed by atoms with E-state index in [4.69, 9.17) is 11.5 Å². The Kier molecular flexibility index (Phi) is 5.59. The van der Waals surface area contributed by atoms with Crippen LogP contribution in [0.15, 0.2) is 35.5 Å². The molecule has 0 saturated heterocycles. The highest BCUT2D eigenvalue weighted by Crippen LogP contribution is 2.22. The summed E-state index contributed by atoms with van der Waals surface area (Å²) in [5, 5.41) is 2.61. The molecular formula is C15H17N5O3S. The lowest BCUT2D eigenvalue weighted by molar-refractivity contribution is -0.115. The average molecular weight is 347 g/mol. The number of hydrogen-bond donors (Lipinski definition) is 3. The van der Waals surface area contributed by atoms with Gasteiger partial charge in [-0.15, -0.1) is 0 Å². The summed E-state index contributed by atoms with van der Waals surface area (Å²) in [6, 6.07) is 7.83. The number of aromatic nitrogens is 2. The van der Waals surface area contributed by atoms with Crippen LogP contribution >= 0.6 is 11.8 Å². The Morgan fingerprint density at radius 2 is 1.75 bits per heavy atom. The first kappa shape index (κ1) is 17.5. The van der Waals surface area contributed by atoms with E-state index in [1.54, 1.807) is 31.2 Å². The van der Waals surface area contributed by atoms with Gasteiger partial charge in [0.2, 0.25) is 5.91 Å². The van der Waals surface area contributed by atoms with Gasteiger partial charge in [-0.3, -0.25) is 4.79 Å². The summed E-state index contributed by atoms with van der Waals surface area (Å²) >= 11 is 1.14. The van der Waals surface area contributed by atoms with E-state index < -0.39 is 11.2 Å². The van der Waals surface area contributed by atoms with E-state index in [0.29, 0.717) is 16.4 Å². The van der Waals surface area contributed by atoms with Crippen molar-refractivity contribution in [2.75, 3.05) is 23.9 Å². The van der Waals surface area contributed by atoms with Gasteiger partial charge in [0.25, 0.3) is 0 Å². The number of amides is 1. The number of rotatable bonds is 5. The summed E-state index contributed by atoms with van der Waals surface area (Å²) in [4.78, 5) is 31.6. The predicted octanol–water partition coefficient (Wildman–Crippen LogP) is 1.55. The molecule has 2 rings (SSSR count). The number of esters is 1. The van der Waals surface area contributed by atoms with Crippen molar-refractivity contribution >= 4 is 41.0 Å². The van der Waals surface area contributed by atoms with Gasteiger partial charge in [0, 0.05) is 11.8 Å². The summed E-state index contributed by atoms with van der Waals surface area (Å²) in [6.07, 6.45) is 0. The number of hydrogen-bond acceptors (Lipinski definition) is 8. The Labute approximate surface area is 143 Å². The van der Waals surface area contributed by atoms with E-state index in [2.05, 4.69) is 20.0 Å². The number of ether oxygens (including phenoxy) is 1. The molecule has 0 aliphatic rings. The zero-order chi connectivity index (χ0) is 17.7. The molecule has 1 aromatic heterocycles. The Balaban J connectivity index is 1.99. The van der Waals surface area contributed by atoms with Crippen molar-refractivity contribution in [3.8, 4) is 0 Å². The molecular weight excluding hydrogens is 330 g/mol. The Hall–Kier alpha value is -2.81. The van der Waals surface area contributed by atoms with Gasteiger partial charge in [0.15, 0.2) is 5.16 Å². The highest BCUT2D eigenvalue weighted by atomic mass is 32.2. The molecule has 0 aliphatic carbocycles. The average Bonchev–Trinajstić information content (AvgIpc) is 2.53. The number of carbonyl (C=O) groups excluding carboxylic acids is 2. The van der Waals surface area contributed by atoms with Crippen LogP contribution in [0.3, 0.4) is 0 Å². The van der Waals surface area contributed by atoms with Gasteiger partial charge >= 0.3 is 5.97 Å². The minimum Gasteiger partial charge on any atom is -0.465 e. The van der Waals surface area contributed by atoms with E-state index in [1.165, 1.54) is 13.2 Å². The third-order valence-electron chi connectivity index (χ3n) is 2.97. The minimum absolute atomic E-state index is 0.240.